The molecule has 2 rings (SSSR count). The van der Waals surface area contributed by atoms with Crippen LogP contribution in [0, 0.1) is 6.92 Å². The van der Waals surface area contributed by atoms with E-state index >= 15 is 0 Å². The predicted molar refractivity (Wildman–Crippen MR) is 115 cm³/mol. The third kappa shape index (κ3) is 6.66. The van der Waals surface area contributed by atoms with Gasteiger partial charge in [-0.05, 0) is 43.3 Å². The normalized spacial score (nSPS) is 10.6. The minimum Gasteiger partial charge on any atom is -0.497 e. The Hall–Kier alpha value is -2.77. The third-order valence-electron chi connectivity index (χ3n) is 4.34. The van der Waals surface area contributed by atoms with Crippen molar-refractivity contribution in [1.29, 1.82) is 0 Å². The van der Waals surface area contributed by atoms with Crippen LogP contribution in [0.5, 0.6) is 11.5 Å². The van der Waals surface area contributed by atoms with Crippen LogP contribution in [0.25, 0.3) is 0 Å². The number of ether oxygens (including phenoxy) is 2. The summed E-state index contributed by atoms with van der Waals surface area (Å²) < 4.78 is 10.4. The highest BCUT2D eigenvalue weighted by Gasteiger charge is 2.16. The highest BCUT2D eigenvalue weighted by Crippen LogP contribution is 2.29. The molecule has 156 valence electrons. The summed E-state index contributed by atoms with van der Waals surface area (Å²) in [7, 11) is 3.08. The first-order valence-electron chi connectivity index (χ1n) is 9.16. The van der Waals surface area contributed by atoms with E-state index in [2.05, 4.69) is 10.6 Å². The molecule has 0 bridgehead atoms. The number of hydrogen-bond donors (Lipinski definition) is 2. The van der Waals surface area contributed by atoms with Gasteiger partial charge in [-0.3, -0.25) is 14.5 Å². The fourth-order valence-corrected chi connectivity index (χ4v) is 2.87. The lowest BCUT2D eigenvalue weighted by Gasteiger charge is -2.20. The van der Waals surface area contributed by atoms with Crippen molar-refractivity contribution < 1.29 is 19.1 Å². The van der Waals surface area contributed by atoms with E-state index in [9.17, 15) is 9.59 Å². The van der Waals surface area contributed by atoms with E-state index in [4.69, 9.17) is 21.1 Å². The summed E-state index contributed by atoms with van der Waals surface area (Å²) in [6.07, 6.45) is 0. The Labute approximate surface area is 175 Å². The summed E-state index contributed by atoms with van der Waals surface area (Å²) >= 11 is 5.99. The van der Waals surface area contributed by atoms with E-state index < -0.39 is 0 Å². The molecule has 0 aromatic heterocycles. The van der Waals surface area contributed by atoms with E-state index in [-0.39, 0.29) is 24.9 Å². The van der Waals surface area contributed by atoms with Gasteiger partial charge >= 0.3 is 0 Å². The molecule has 2 aromatic carbocycles. The molecule has 2 N–H and O–H groups in total. The Balaban J connectivity index is 1.96. The Morgan fingerprint density at radius 1 is 0.966 bits per heavy atom. The van der Waals surface area contributed by atoms with Gasteiger partial charge in [0.2, 0.25) is 11.8 Å². The standard InChI is InChI=1S/C21H26ClN3O4/c1-5-25(13-21(27)24-18-10-15(22)7-6-14(18)2)12-20(26)23-17-9-8-16(28-3)11-19(17)29-4/h6-11H,5,12-13H2,1-4H3,(H,23,26)(H,24,27). The topological polar surface area (TPSA) is 79.9 Å². The number of likely N-dealkylation sites (N-methyl/N-ethyl adjacent to an activating group) is 1. The second-order valence-electron chi connectivity index (χ2n) is 6.43. The van der Waals surface area contributed by atoms with Crippen molar-refractivity contribution in [3.8, 4) is 11.5 Å². The maximum atomic E-state index is 12.5. The van der Waals surface area contributed by atoms with Gasteiger partial charge in [-0.15, -0.1) is 0 Å². The lowest BCUT2D eigenvalue weighted by Crippen LogP contribution is -2.38. The van der Waals surface area contributed by atoms with Gasteiger partial charge in [0.25, 0.3) is 0 Å². The molecule has 7 nitrogen and oxygen atoms in total. The number of methoxy groups -OCH3 is 2. The molecule has 8 heteroatoms. The lowest BCUT2D eigenvalue weighted by atomic mass is 10.2. The minimum absolute atomic E-state index is 0.0631. The van der Waals surface area contributed by atoms with Gasteiger partial charge in [-0.1, -0.05) is 24.6 Å². The number of amides is 2. The second-order valence-corrected chi connectivity index (χ2v) is 6.86. The molecule has 0 aliphatic rings. The number of halogens is 1. The van der Waals surface area contributed by atoms with Gasteiger partial charge in [-0.2, -0.15) is 0 Å². The highest BCUT2D eigenvalue weighted by atomic mass is 35.5. The van der Waals surface area contributed by atoms with Crippen LogP contribution in [-0.2, 0) is 9.59 Å². The summed E-state index contributed by atoms with van der Waals surface area (Å²) in [5.41, 5.74) is 2.11. The van der Waals surface area contributed by atoms with E-state index in [1.807, 2.05) is 19.9 Å². The number of nitrogens with zero attached hydrogens (tertiary/aromatic N) is 1. The zero-order chi connectivity index (χ0) is 21.4. The largest absolute Gasteiger partial charge is 0.497 e. The molecule has 29 heavy (non-hydrogen) atoms. The van der Waals surface area contributed by atoms with E-state index in [1.165, 1.54) is 7.11 Å². The summed E-state index contributed by atoms with van der Waals surface area (Å²) in [5.74, 6) is 0.659. The Morgan fingerprint density at radius 3 is 2.21 bits per heavy atom. The number of nitrogens with one attached hydrogen (secondary N) is 2. The summed E-state index contributed by atoms with van der Waals surface area (Å²) in [6.45, 7) is 4.46. The fraction of sp³-hybridized carbons (Fsp3) is 0.333. The van der Waals surface area contributed by atoms with Crippen molar-refractivity contribution in [1.82, 2.24) is 4.90 Å². The number of carbonyl (C=O) groups excluding carboxylic acids is 2. The number of carbonyl (C=O) groups is 2. The van der Waals surface area contributed by atoms with Gasteiger partial charge in [0, 0.05) is 16.8 Å². The number of rotatable bonds is 9. The van der Waals surface area contributed by atoms with Crippen LogP contribution in [-0.4, -0.2) is 50.6 Å². The molecule has 2 amide bonds. The first kappa shape index (κ1) is 22.5. The number of benzene rings is 2. The molecule has 0 radical (unpaired) electrons. The van der Waals surface area contributed by atoms with Crippen molar-refractivity contribution in [3.63, 3.8) is 0 Å². The molecular weight excluding hydrogens is 394 g/mol. The number of aryl methyl sites for hydroxylation is 1. The molecule has 0 saturated carbocycles. The van der Waals surface area contributed by atoms with Gasteiger partial charge in [-0.25, -0.2) is 0 Å². The first-order chi connectivity index (χ1) is 13.9. The minimum atomic E-state index is -0.248. The second kappa shape index (κ2) is 10.7. The number of anilines is 2. The monoisotopic (exact) mass is 419 g/mol. The predicted octanol–water partition coefficient (Wildman–Crippen LogP) is 3.56. The Kier molecular flexibility index (Phi) is 8.30. The molecule has 0 aliphatic carbocycles. The van der Waals surface area contributed by atoms with Crippen molar-refractivity contribution >= 4 is 34.8 Å². The fourth-order valence-electron chi connectivity index (χ4n) is 2.70. The van der Waals surface area contributed by atoms with Crippen LogP contribution in [0.4, 0.5) is 11.4 Å². The lowest BCUT2D eigenvalue weighted by molar-refractivity contribution is -0.119. The van der Waals surface area contributed by atoms with Crippen LogP contribution >= 0.6 is 11.6 Å². The van der Waals surface area contributed by atoms with Gasteiger partial charge < -0.3 is 20.1 Å². The third-order valence-corrected chi connectivity index (χ3v) is 4.57. The van der Waals surface area contributed by atoms with Crippen LogP contribution in [0.3, 0.4) is 0 Å². The first-order valence-corrected chi connectivity index (χ1v) is 9.54. The van der Waals surface area contributed by atoms with Crippen molar-refractivity contribution in [2.75, 3.05) is 44.5 Å². The summed E-state index contributed by atoms with van der Waals surface area (Å²) in [5, 5.41) is 6.19. The van der Waals surface area contributed by atoms with Gasteiger partial charge in [0.1, 0.15) is 11.5 Å². The molecular formula is C21H26ClN3O4. The molecule has 0 atom stereocenters. The molecule has 0 saturated heterocycles. The van der Waals surface area contributed by atoms with E-state index in [0.29, 0.717) is 34.4 Å². The van der Waals surface area contributed by atoms with Crippen molar-refractivity contribution in [2.45, 2.75) is 13.8 Å². The molecule has 0 spiro atoms. The molecule has 0 heterocycles. The van der Waals surface area contributed by atoms with Crippen LogP contribution in [0.2, 0.25) is 5.02 Å². The van der Waals surface area contributed by atoms with Crippen molar-refractivity contribution in [3.05, 3.63) is 47.0 Å². The van der Waals surface area contributed by atoms with Crippen LogP contribution in [0.15, 0.2) is 36.4 Å². The average Bonchev–Trinajstić information content (AvgIpc) is 2.70. The zero-order valence-corrected chi connectivity index (χ0v) is 17.8. The summed E-state index contributed by atoms with van der Waals surface area (Å²) in [6, 6.07) is 10.4. The molecule has 0 unspecified atom stereocenters. The van der Waals surface area contributed by atoms with Crippen LogP contribution in [0.1, 0.15) is 12.5 Å². The molecule has 2 aromatic rings. The molecule has 0 aliphatic heterocycles. The smallest absolute Gasteiger partial charge is 0.238 e. The quantitative estimate of drug-likeness (QED) is 0.649. The maximum Gasteiger partial charge on any atom is 0.238 e. The van der Waals surface area contributed by atoms with Crippen LogP contribution < -0.4 is 20.1 Å². The zero-order valence-electron chi connectivity index (χ0n) is 17.0. The Morgan fingerprint density at radius 2 is 1.62 bits per heavy atom. The van der Waals surface area contributed by atoms with E-state index in [1.54, 1.807) is 42.3 Å². The van der Waals surface area contributed by atoms with Gasteiger partial charge in [0.15, 0.2) is 0 Å². The van der Waals surface area contributed by atoms with E-state index in [0.717, 1.165) is 5.56 Å². The number of hydrogen-bond acceptors (Lipinski definition) is 5. The Bertz CT molecular complexity index is 873. The molecule has 0 fully saturated rings. The summed E-state index contributed by atoms with van der Waals surface area (Å²) in [4.78, 5) is 26.6. The van der Waals surface area contributed by atoms with Gasteiger partial charge in [0.05, 0.1) is 33.0 Å². The highest BCUT2D eigenvalue weighted by molar-refractivity contribution is 6.31. The maximum absolute atomic E-state index is 12.5. The van der Waals surface area contributed by atoms with Crippen molar-refractivity contribution in [2.24, 2.45) is 0 Å². The average molecular weight is 420 g/mol. The SMILES string of the molecule is CCN(CC(=O)Nc1cc(Cl)ccc1C)CC(=O)Nc1ccc(OC)cc1OC.